The van der Waals surface area contributed by atoms with Gasteiger partial charge in [0.1, 0.15) is 5.82 Å². The van der Waals surface area contributed by atoms with Crippen LogP contribution < -0.4 is 0 Å². The highest BCUT2D eigenvalue weighted by atomic mass is 35.5. The maximum atomic E-state index is 13.1. The molecule has 5 heteroatoms. The maximum absolute atomic E-state index is 13.1. The fraction of sp³-hybridized carbons (Fsp3) is 0.350. The van der Waals surface area contributed by atoms with E-state index in [1.807, 2.05) is 29.2 Å². The van der Waals surface area contributed by atoms with Crippen molar-refractivity contribution in [1.82, 2.24) is 9.80 Å². The lowest BCUT2D eigenvalue weighted by Crippen LogP contribution is -2.48. The van der Waals surface area contributed by atoms with Crippen LogP contribution >= 0.6 is 11.6 Å². The molecule has 0 unspecified atom stereocenters. The Hall–Kier alpha value is -1.91. The van der Waals surface area contributed by atoms with Crippen LogP contribution in [0.2, 0.25) is 5.02 Å². The molecule has 0 radical (unpaired) electrons. The van der Waals surface area contributed by atoms with Crippen molar-refractivity contribution in [2.75, 3.05) is 26.2 Å². The first-order chi connectivity index (χ1) is 12.1. The van der Waals surface area contributed by atoms with Crippen LogP contribution in [0.25, 0.3) is 0 Å². The van der Waals surface area contributed by atoms with Crippen molar-refractivity contribution in [3.8, 4) is 0 Å². The lowest BCUT2D eigenvalue weighted by Gasteiger charge is -2.35. The summed E-state index contributed by atoms with van der Waals surface area (Å²) < 4.78 is 13.1. The number of rotatable bonds is 4. The molecule has 3 nitrogen and oxygen atoms in total. The van der Waals surface area contributed by atoms with Crippen molar-refractivity contribution in [3.63, 3.8) is 0 Å². The zero-order chi connectivity index (χ0) is 17.8. The minimum absolute atomic E-state index is 0.0853. The van der Waals surface area contributed by atoms with Gasteiger partial charge in [-0.15, -0.1) is 0 Å². The van der Waals surface area contributed by atoms with Crippen molar-refractivity contribution >= 4 is 17.5 Å². The second-order valence-corrected chi connectivity index (χ2v) is 6.76. The van der Waals surface area contributed by atoms with Gasteiger partial charge in [-0.3, -0.25) is 9.69 Å². The molecule has 0 N–H and O–H groups in total. The quantitative estimate of drug-likeness (QED) is 0.822. The summed E-state index contributed by atoms with van der Waals surface area (Å²) in [5.41, 5.74) is 2.89. The summed E-state index contributed by atoms with van der Waals surface area (Å²) in [6.45, 7) is 5.72. The highest BCUT2D eigenvalue weighted by molar-refractivity contribution is 6.31. The summed E-state index contributed by atoms with van der Waals surface area (Å²) in [6, 6.07) is 12.3. The van der Waals surface area contributed by atoms with Gasteiger partial charge in [0.15, 0.2) is 0 Å². The van der Waals surface area contributed by atoms with Crippen LogP contribution in [0.4, 0.5) is 4.39 Å². The Kier molecular flexibility index (Phi) is 5.71. The highest BCUT2D eigenvalue weighted by Crippen LogP contribution is 2.20. The van der Waals surface area contributed by atoms with E-state index >= 15 is 0 Å². The molecule has 2 aromatic rings. The predicted octanol–water partition coefficient (Wildman–Crippen LogP) is 4.00. The van der Waals surface area contributed by atoms with Gasteiger partial charge in [0, 0.05) is 43.3 Å². The molecule has 1 amide bonds. The molecule has 0 bridgehead atoms. The van der Waals surface area contributed by atoms with E-state index in [0.717, 1.165) is 30.6 Å². The molecule has 0 saturated carbocycles. The molecular weight excluding hydrogens is 339 g/mol. The molecule has 1 heterocycles. The number of halogens is 2. The standard InChI is InChI=1S/C20H22ClFN2O/c1-2-15-3-5-16(6-4-15)20(25)24-11-9-23(10-12-24)14-17-7-8-18(22)13-19(17)21/h3-8,13H,2,9-12,14H2,1H3. The summed E-state index contributed by atoms with van der Waals surface area (Å²) >= 11 is 6.10. The molecule has 1 aliphatic heterocycles. The monoisotopic (exact) mass is 360 g/mol. The smallest absolute Gasteiger partial charge is 0.253 e. The Morgan fingerprint density at radius 3 is 2.36 bits per heavy atom. The maximum Gasteiger partial charge on any atom is 0.253 e. The number of aryl methyl sites for hydroxylation is 1. The van der Waals surface area contributed by atoms with Crippen molar-refractivity contribution in [3.05, 3.63) is 70.0 Å². The van der Waals surface area contributed by atoms with E-state index in [2.05, 4.69) is 11.8 Å². The van der Waals surface area contributed by atoms with E-state index in [-0.39, 0.29) is 11.7 Å². The van der Waals surface area contributed by atoms with Crippen LogP contribution in [-0.2, 0) is 13.0 Å². The van der Waals surface area contributed by atoms with Crippen LogP contribution in [0.3, 0.4) is 0 Å². The largest absolute Gasteiger partial charge is 0.336 e. The third-order valence-corrected chi connectivity index (χ3v) is 5.03. The molecular formula is C20H22ClFN2O. The summed E-state index contributed by atoms with van der Waals surface area (Å²) in [4.78, 5) is 16.7. The van der Waals surface area contributed by atoms with Crippen molar-refractivity contribution in [1.29, 1.82) is 0 Å². The normalized spacial score (nSPS) is 15.4. The van der Waals surface area contributed by atoms with Gasteiger partial charge in [0.05, 0.1) is 0 Å². The summed E-state index contributed by atoms with van der Waals surface area (Å²) in [6.07, 6.45) is 0.971. The molecule has 0 atom stereocenters. The summed E-state index contributed by atoms with van der Waals surface area (Å²) in [7, 11) is 0. The van der Waals surface area contributed by atoms with Crippen LogP contribution in [0, 0.1) is 5.82 Å². The fourth-order valence-corrected chi connectivity index (χ4v) is 3.29. The number of amides is 1. The zero-order valence-electron chi connectivity index (χ0n) is 14.3. The van der Waals surface area contributed by atoms with Crippen LogP contribution in [0.1, 0.15) is 28.4 Å². The Bertz CT molecular complexity index is 740. The number of hydrogen-bond acceptors (Lipinski definition) is 2. The molecule has 1 aliphatic rings. The van der Waals surface area contributed by atoms with Crippen molar-refractivity contribution < 1.29 is 9.18 Å². The molecule has 2 aromatic carbocycles. The third-order valence-electron chi connectivity index (χ3n) is 4.68. The predicted molar refractivity (Wildman–Crippen MR) is 98.4 cm³/mol. The van der Waals surface area contributed by atoms with Crippen molar-refractivity contribution in [2.24, 2.45) is 0 Å². The Morgan fingerprint density at radius 2 is 1.76 bits per heavy atom. The van der Waals surface area contributed by atoms with E-state index in [1.165, 1.54) is 17.7 Å². The van der Waals surface area contributed by atoms with Gasteiger partial charge in [0.25, 0.3) is 5.91 Å². The van der Waals surface area contributed by atoms with Gasteiger partial charge < -0.3 is 4.90 Å². The Balaban J connectivity index is 1.56. The number of piperazine rings is 1. The summed E-state index contributed by atoms with van der Waals surface area (Å²) in [5, 5.41) is 0.453. The molecule has 1 saturated heterocycles. The molecule has 0 aliphatic carbocycles. The first-order valence-corrected chi connectivity index (χ1v) is 8.99. The van der Waals surface area contributed by atoms with Gasteiger partial charge >= 0.3 is 0 Å². The molecule has 0 aromatic heterocycles. The third kappa shape index (κ3) is 4.39. The van der Waals surface area contributed by atoms with Crippen molar-refractivity contribution in [2.45, 2.75) is 19.9 Å². The number of hydrogen-bond donors (Lipinski definition) is 0. The molecule has 0 spiro atoms. The minimum atomic E-state index is -0.321. The lowest BCUT2D eigenvalue weighted by molar-refractivity contribution is 0.0628. The topological polar surface area (TPSA) is 23.6 Å². The van der Waals surface area contributed by atoms with E-state index in [4.69, 9.17) is 11.6 Å². The minimum Gasteiger partial charge on any atom is -0.336 e. The van der Waals surface area contributed by atoms with Gasteiger partial charge in [-0.1, -0.05) is 36.7 Å². The average Bonchev–Trinajstić information content (AvgIpc) is 2.64. The molecule has 3 rings (SSSR count). The van der Waals surface area contributed by atoms with Gasteiger partial charge in [-0.25, -0.2) is 4.39 Å². The number of nitrogens with zero attached hydrogens (tertiary/aromatic N) is 2. The van der Waals surface area contributed by atoms with Gasteiger partial charge in [0.2, 0.25) is 0 Å². The molecule has 25 heavy (non-hydrogen) atoms. The summed E-state index contributed by atoms with van der Waals surface area (Å²) in [5.74, 6) is -0.236. The van der Waals surface area contributed by atoms with Crippen LogP contribution in [0.15, 0.2) is 42.5 Å². The van der Waals surface area contributed by atoms with E-state index in [9.17, 15) is 9.18 Å². The first-order valence-electron chi connectivity index (χ1n) is 8.61. The molecule has 132 valence electrons. The first kappa shape index (κ1) is 17.9. The lowest BCUT2D eigenvalue weighted by atomic mass is 10.1. The molecule has 1 fully saturated rings. The highest BCUT2D eigenvalue weighted by Gasteiger charge is 2.22. The van der Waals surface area contributed by atoms with E-state index in [0.29, 0.717) is 24.7 Å². The Labute approximate surface area is 153 Å². The Morgan fingerprint density at radius 1 is 1.08 bits per heavy atom. The van der Waals surface area contributed by atoms with Crippen LogP contribution in [-0.4, -0.2) is 41.9 Å². The fourth-order valence-electron chi connectivity index (χ4n) is 3.07. The van der Waals surface area contributed by atoms with E-state index in [1.54, 1.807) is 6.07 Å². The second-order valence-electron chi connectivity index (χ2n) is 6.35. The SMILES string of the molecule is CCc1ccc(C(=O)N2CCN(Cc3ccc(F)cc3Cl)CC2)cc1. The average molecular weight is 361 g/mol. The number of carbonyl (C=O) groups is 1. The number of benzene rings is 2. The van der Waals surface area contributed by atoms with E-state index < -0.39 is 0 Å². The van der Waals surface area contributed by atoms with Gasteiger partial charge in [-0.2, -0.15) is 0 Å². The zero-order valence-corrected chi connectivity index (χ0v) is 15.1. The van der Waals surface area contributed by atoms with Crippen LogP contribution in [0.5, 0.6) is 0 Å². The number of carbonyl (C=O) groups excluding carboxylic acids is 1. The second kappa shape index (κ2) is 7.98. The van der Waals surface area contributed by atoms with Gasteiger partial charge in [-0.05, 0) is 41.8 Å².